The number of fused-ring (bicyclic) bond motifs is 5. The number of nitrogens with one attached hydrogen (secondary N) is 1. The Morgan fingerprint density at radius 2 is 1.56 bits per heavy atom. The van der Waals surface area contributed by atoms with E-state index in [-0.39, 0.29) is 11.8 Å². The lowest BCUT2D eigenvalue weighted by atomic mass is 9.85. The molecule has 0 heterocycles. The number of ketones is 2. The maximum atomic E-state index is 13.0. The van der Waals surface area contributed by atoms with E-state index in [9.17, 15) is 27.6 Å². The van der Waals surface area contributed by atoms with E-state index in [0.29, 0.717) is 0 Å². The first kappa shape index (κ1) is 16.1. The first-order valence-corrected chi connectivity index (χ1v) is 8.02. The summed E-state index contributed by atoms with van der Waals surface area (Å²) >= 11 is 0. The highest BCUT2D eigenvalue weighted by Crippen LogP contribution is 2.54. The Kier molecular flexibility index (Phi) is 3.39. The average molecular weight is 349 g/mol. The quantitative estimate of drug-likeness (QED) is 0.660. The summed E-state index contributed by atoms with van der Waals surface area (Å²) in [5.74, 6) is -4.49. The summed E-state index contributed by atoms with van der Waals surface area (Å²) in [5.41, 5.74) is -1.46. The number of hydrogen-bond acceptors (Lipinski definition) is 3. The van der Waals surface area contributed by atoms with E-state index in [2.05, 4.69) is 5.32 Å². The summed E-state index contributed by atoms with van der Waals surface area (Å²) in [6.07, 6.45) is -0.113. The zero-order chi connectivity index (χ0) is 17.9. The normalized spacial score (nSPS) is 33.0. The number of allylic oxidation sites excluding steroid dienone is 2. The number of halogens is 3. The number of carbonyl (C=O) groups excluding carboxylic acids is 3. The lowest BCUT2D eigenvalue weighted by molar-refractivity contribution is -0.137. The molecule has 1 amide bonds. The molecule has 4 unspecified atom stereocenters. The van der Waals surface area contributed by atoms with E-state index >= 15 is 0 Å². The first-order chi connectivity index (χ1) is 11.8. The fourth-order valence-electron chi connectivity index (χ4n) is 4.43. The lowest BCUT2D eigenvalue weighted by Crippen LogP contribution is -2.34. The summed E-state index contributed by atoms with van der Waals surface area (Å²) < 4.78 is 39.1. The standard InChI is InChI=1S/C18H14F3NO3/c19-18(20,21)10-3-1-2-4-11(10)22-17(25)14-15(23)12-8-5-6-9(7-8)13(12)16(14)24/h1-6,8-9,12-14H,7H2,(H,22,25). The van der Waals surface area contributed by atoms with E-state index in [1.807, 2.05) is 12.2 Å². The zero-order valence-electron chi connectivity index (χ0n) is 12.9. The largest absolute Gasteiger partial charge is 0.418 e. The van der Waals surface area contributed by atoms with Crippen LogP contribution in [-0.2, 0) is 20.6 Å². The Morgan fingerprint density at radius 3 is 2.12 bits per heavy atom. The van der Waals surface area contributed by atoms with Crippen molar-refractivity contribution in [2.75, 3.05) is 5.32 Å². The number of hydrogen-bond donors (Lipinski definition) is 1. The second-order valence-corrected chi connectivity index (χ2v) is 6.77. The van der Waals surface area contributed by atoms with Crippen LogP contribution in [0.15, 0.2) is 36.4 Å². The smallest absolute Gasteiger partial charge is 0.324 e. The molecule has 0 radical (unpaired) electrons. The number of rotatable bonds is 2. The highest BCUT2D eigenvalue weighted by Gasteiger charge is 2.61. The van der Waals surface area contributed by atoms with Crippen LogP contribution in [-0.4, -0.2) is 17.5 Å². The maximum absolute atomic E-state index is 13.0. The molecule has 2 saturated carbocycles. The van der Waals surface area contributed by atoms with E-state index < -0.39 is 52.7 Å². The van der Waals surface area contributed by atoms with E-state index in [0.717, 1.165) is 18.6 Å². The van der Waals surface area contributed by atoms with Crippen LogP contribution in [0.25, 0.3) is 0 Å². The van der Waals surface area contributed by atoms with Crippen LogP contribution in [0.3, 0.4) is 0 Å². The molecule has 130 valence electrons. The van der Waals surface area contributed by atoms with Crippen LogP contribution >= 0.6 is 0 Å². The van der Waals surface area contributed by atoms with Gasteiger partial charge in [0.15, 0.2) is 17.5 Å². The van der Waals surface area contributed by atoms with Gasteiger partial charge in [0, 0.05) is 11.8 Å². The van der Waals surface area contributed by atoms with Gasteiger partial charge in [-0.15, -0.1) is 0 Å². The molecular weight excluding hydrogens is 335 g/mol. The van der Waals surface area contributed by atoms with Gasteiger partial charge in [-0.3, -0.25) is 14.4 Å². The molecule has 4 rings (SSSR count). The number of carbonyl (C=O) groups is 3. The Balaban J connectivity index is 1.59. The monoisotopic (exact) mass is 349 g/mol. The third kappa shape index (κ3) is 2.33. The van der Waals surface area contributed by atoms with Crippen LogP contribution in [0, 0.1) is 29.6 Å². The third-order valence-corrected chi connectivity index (χ3v) is 5.44. The van der Waals surface area contributed by atoms with Crippen molar-refractivity contribution in [2.45, 2.75) is 12.6 Å². The molecule has 4 nitrogen and oxygen atoms in total. The number of anilines is 1. The average Bonchev–Trinajstić information content (AvgIpc) is 3.20. The van der Waals surface area contributed by atoms with Crippen molar-refractivity contribution in [3.63, 3.8) is 0 Å². The molecule has 0 saturated heterocycles. The molecule has 2 bridgehead atoms. The summed E-state index contributed by atoms with van der Waals surface area (Å²) in [5, 5.41) is 2.14. The number of benzene rings is 1. The van der Waals surface area contributed by atoms with Gasteiger partial charge in [0.25, 0.3) is 0 Å². The summed E-state index contributed by atoms with van der Waals surface area (Å²) in [4.78, 5) is 37.6. The zero-order valence-corrected chi connectivity index (χ0v) is 12.9. The van der Waals surface area contributed by atoms with Crippen LogP contribution in [0.5, 0.6) is 0 Å². The van der Waals surface area contributed by atoms with E-state index in [1.54, 1.807) is 0 Å². The number of alkyl halides is 3. The molecule has 25 heavy (non-hydrogen) atoms. The van der Waals surface area contributed by atoms with Gasteiger partial charge in [-0.1, -0.05) is 24.3 Å². The molecular formula is C18H14F3NO3. The van der Waals surface area contributed by atoms with Crippen molar-refractivity contribution in [2.24, 2.45) is 29.6 Å². The molecule has 1 N–H and O–H groups in total. The lowest BCUT2D eigenvalue weighted by Gasteiger charge is -2.16. The van der Waals surface area contributed by atoms with Crippen molar-refractivity contribution in [3.05, 3.63) is 42.0 Å². The van der Waals surface area contributed by atoms with Gasteiger partial charge in [0.05, 0.1) is 11.3 Å². The number of para-hydroxylation sites is 1. The van der Waals surface area contributed by atoms with Crippen LogP contribution in [0.1, 0.15) is 12.0 Å². The summed E-state index contributed by atoms with van der Waals surface area (Å²) in [6.45, 7) is 0. The molecule has 1 aromatic carbocycles. The summed E-state index contributed by atoms with van der Waals surface area (Å²) in [6, 6.07) is 4.50. The minimum Gasteiger partial charge on any atom is -0.324 e. The van der Waals surface area contributed by atoms with Gasteiger partial charge < -0.3 is 5.32 Å². The molecule has 1 aromatic rings. The molecule has 3 aliphatic rings. The van der Waals surface area contributed by atoms with Crippen LogP contribution < -0.4 is 5.32 Å². The molecule has 4 atom stereocenters. The second kappa shape index (κ2) is 5.28. The van der Waals surface area contributed by atoms with Gasteiger partial charge >= 0.3 is 6.18 Å². The predicted molar refractivity (Wildman–Crippen MR) is 81.3 cm³/mol. The van der Waals surface area contributed by atoms with Crippen molar-refractivity contribution < 1.29 is 27.6 Å². The van der Waals surface area contributed by atoms with Crippen molar-refractivity contribution in [1.29, 1.82) is 0 Å². The van der Waals surface area contributed by atoms with Crippen molar-refractivity contribution in [1.82, 2.24) is 0 Å². The Labute approximate surface area is 141 Å². The predicted octanol–water partition coefficient (Wildman–Crippen LogP) is 2.85. The van der Waals surface area contributed by atoms with Crippen LogP contribution in [0.4, 0.5) is 18.9 Å². The first-order valence-electron chi connectivity index (χ1n) is 8.02. The van der Waals surface area contributed by atoms with Gasteiger partial charge in [0.2, 0.25) is 5.91 Å². The molecule has 7 heteroatoms. The highest BCUT2D eigenvalue weighted by molar-refractivity contribution is 6.27. The molecule has 2 fully saturated rings. The highest BCUT2D eigenvalue weighted by atomic mass is 19.4. The van der Waals surface area contributed by atoms with E-state index in [1.165, 1.54) is 12.1 Å². The molecule has 0 spiro atoms. The van der Waals surface area contributed by atoms with Crippen molar-refractivity contribution >= 4 is 23.2 Å². The van der Waals surface area contributed by atoms with Gasteiger partial charge in [-0.25, -0.2) is 0 Å². The SMILES string of the molecule is O=C(Nc1ccccc1C(F)(F)F)C1C(=O)C2C3C=CC(C3)C2C1=O. The maximum Gasteiger partial charge on any atom is 0.418 e. The van der Waals surface area contributed by atoms with E-state index in [4.69, 9.17) is 0 Å². The number of Topliss-reactive ketones (excluding diaryl/α,β-unsaturated/α-hetero) is 2. The van der Waals surface area contributed by atoms with Crippen LogP contribution in [0.2, 0.25) is 0 Å². The van der Waals surface area contributed by atoms with Gasteiger partial charge in [0.1, 0.15) is 0 Å². The second-order valence-electron chi connectivity index (χ2n) is 6.77. The van der Waals surface area contributed by atoms with Crippen molar-refractivity contribution in [3.8, 4) is 0 Å². The summed E-state index contributed by atoms with van der Waals surface area (Å²) in [7, 11) is 0. The topological polar surface area (TPSA) is 63.2 Å². The van der Waals surface area contributed by atoms with Gasteiger partial charge in [-0.2, -0.15) is 13.2 Å². The third-order valence-electron chi connectivity index (χ3n) is 5.44. The Morgan fingerprint density at radius 1 is 1.00 bits per heavy atom. The minimum atomic E-state index is -4.65. The molecule has 0 aliphatic heterocycles. The fraction of sp³-hybridized carbons (Fsp3) is 0.389. The Bertz CT molecular complexity index is 784. The molecule has 3 aliphatic carbocycles. The van der Waals surface area contributed by atoms with Gasteiger partial charge in [-0.05, 0) is 30.4 Å². The Hall–Kier alpha value is -2.44. The molecule has 0 aromatic heterocycles. The minimum absolute atomic E-state index is 0.0355. The fourth-order valence-corrected chi connectivity index (χ4v) is 4.43. The number of amides is 1.